The Morgan fingerprint density at radius 1 is 1.22 bits per heavy atom. The van der Waals surface area contributed by atoms with Gasteiger partial charge < -0.3 is 19.6 Å². The Labute approximate surface area is 158 Å². The highest BCUT2D eigenvalue weighted by Gasteiger charge is 2.37. The monoisotopic (exact) mass is 371 g/mol. The molecule has 0 radical (unpaired) electrons. The Morgan fingerprint density at radius 2 is 2.04 bits per heavy atom. The zero-order chi connectivity index (χ0) is 18.7. The Morgan fingerprint density at radius 3 is 2.81 bits per heavy atom. The summed E-state index contributed by atoms with van der Waals surface area (Å²) in [5, 5.41) is 15.3. The standard InChI is InChI=1S/C19H25N5O3/c25-18(16-5-1-2-6-17(16)24-15-20-14-21-24)23-9-10-27-13-19(26,12-23)11-22-7-3-4-8-22/h1-2,5-6,14-15,26H,3-4,7-13H2/t19-/m1/s1. The lowest BCUT2D eigenvalue weighted by Gasteiger charge is -2.34. The number of rotatable bonds is 4. The highest BCUT2D eigenvalue weighted by molar-refractivity contribution is 5.97. The van der Waals surface area contributed by atoms with E-state index in [-0.39, 0.29) is 19.1 Å². The van der Waals surface area contributed by atoms with E-state index in [0.29, 0.717) is 30.9 Å². The maximum absolute atomic E-state index is 13.3. The van der Waals surface area contributed by atoms with Gasteiger partial charge in [-0.05, 0) is 38.1 Å². The first-order valence-corrected chi connectivity index (χ1v) is 9.40. The second-order valence-corrected chi connectivity index (χ2v) is 7.34. The van der Waals surface area contributed by atoms with Gasteiger partial charge in [-0.1, -0.05) is 12.1 Å². The van der Waals surface area contributed by atoms with Gasteiger partial charge in [-0.3, -0.25) is 4.79 Å². The molecule has 144 valence electrons. The van der Waals surface area contributed by atoms with E-state index in [1.165, 1.54) is 6.33 Å². The molecule has 2 aromatic rings. The van der Waals surface area contributed by atoms with E-state index < -0.39 is 5.60 Å². The van der Waals surface area contributed by atoms with Crippen LogP contribution in [0.4, 0.5) is 0 Å². The number of likely N-dealkylation sites (tertiary alicyclic amines) is 1. The topological polar surface area (TPSA) is 83.7 Å². The Kier molecular flexibility index (Phi) is 5.20. The lowest BCUT2D eigenvalue weighted by molar-refractivity contribution is -0.0524. The highest BCUT2D eigenvalue weighted by atomic mass is 16.5. The lowest BCUT2D eigenvalue weighted by Crippen LogP contribution is -2.53. The number of para-hydroxylation sites is 1. The third-order valence-corrected chi connectivity index (χ3v) is 5.17. The van der Waals surface area contributed by atoms with E-state index in [1.54, 1.807) is 22.0 Å². The fraction of sp³-hybridized carbons (Fsp3) is 0.526. The first-order chi connectivity index (χ1) is 13.1. The predicted molar refractivity (Wildman–Crippen MR) is 98.7 cm³/mol. The van der Waals surface area contributed by atoms with Crippen LogP contribution in [0, 0.1) is 0 Å². The van der Waals surface area contributed by atoms with Crippen LogP contribution in [-0.2, 0) is 4.74 Å². The Hall–Kier alpha value is -2.29. The second kappa shape index (κ2) is 7.75. The van der Waals surface area contributed by atoms with Crippen molar-refractivity contribution >= 4 is 5.91 Å². The molecule has 8 nitrogen and oxygen atoms in total. The van der Waals surface area contributed by atoms with Crippen molar-refractivity contribution in [1.29, 1.82) is 0 Å². The van der Waals surface area contributed by atoms with E-state index >= 15 is 0 Å². The molecular weight excluding hydrogens is 346 g/mol. The van der Waals surface area contributed by atoms with E-state index in [0.717, 1.165) is 25.9 Å². The summed E-state index contributed by atoms with van der Waals surface area (Å²) in [6.07, 6.45) is 5.33. The molecule has 2 saturated heterocycles. The van der Waals surface area contributed by atoms with Gasteiger partial charge >= 0.3 is 0 Å². The van der Waals surface area contributed by atoms with Crippen molar-refractivity contribution < 1.29 is 14.6 Å². The zero-order valence-electron chi connectivity index (χ0n) is 15.3. The summed E-state index contributed by atoms with van der Waals surface area (Å²) >= 11 is 0. The van der Waals surface area contributed by atoms with Crippen LogP contribution >= 0.6 is 0 Å². The van der Waals surface area contributed by atoms with Crippen molar-refractivity contribution in [3.63, 3.8) is 0 Å². The minimum Gasteiger partial charge on any atom is -0.384 e. The van der Waals surface area contributed by atoms with Crippen molar-refractivity contribution in [2.45, 2.75) is 18.4 Å². The molecule has 0 saturated carbocycles. The van der Waals surface area contributed by atoms with Crippen LogP contribution in [0.2, 0.25) is 0 Å². The van der Waals surface area contributed by atoms with E-state index in [2.05, 4.69) is 15.0 Å². The summed E-state index contributed by atoms with van der Waals surface area (Å²) < 4.78 is 7.22. The molecule has 4 rings (SSSR count). The minimum absolute atomic E-state index is 0.133. The Bertz CT molecular complexity index is 775. The molecule has 1 atom stereocenters. The number of aliphatic hydroxyl groups is 1. The summed E-state index contributed by atoms with van der Waals surface area (Å²) in [7, 11) is 0. The summed E-state index contributed by atoms with van der Waals surface area (Å²) in [4.78, 5) is 21.2. The largest absolute Gasteiger partial charge is 0.384 e. The number of benzene rings is 1. The van der Waals surface area contributed by atoms with Crippen LogP contribution in [0.3, 0.4) is 0 Å². The number of hydrogen-bond donors (Lipinski definition) is 1. The molecule has 1 N–H and O–H groups in total. The minimum atomic E-state index is -1.06. The molecule has 0 unspecified atom stereocenters. The van der Waals surface area contributed by atoms with Crippen molar-refractivity contribution in [3.8, 4) is 5.69 Å². The van der Waals surface area contributed by atoms with Gasteiger partial charge in [0.1, 0.15) is 18.3 Å². The number of ether oxygens (including phenoxy) is 1. The molecule has 0 bridgehead atoms. The SMILES string of the molecule is O=C(c1ccccc1-n1cncn1)N1CCOC[C@@](O)(CN2CCCC2)C1. The third kappa shape index (κ3) is 4.02. The van der Waals surface area contributed by atoms with Crippen LogP contribution in [0.25, 0.3) is 5.69 Å². The van der Waals surface area contributed by atoms with Crippen molar-refractivity contribution in [2.24, 2.45) is 0 Å². The molecule has 0 aliphatic carbocycles. The fourth-order valence-corrected chi connectivity index (χ4v) is 3.90. The zero-order valence-corrected chi connectivity index (χ0v) is 15.3. The molecule has 27 heavy (non-hydrogen) atoms. The molecule has 2 aliphatic heterocycles. The van der Waals surface area contributed by atoms with Gasteiger partial charge in [-0.25, -0.2) is 9.67 Å². The number of nitrogens with zero attached hydrogens (tertiary/aromatic N) is 5. The van der Waals surface area contributed by atoms with Crippen LogP contribution in [-0.4, -0.2) is 87.1 Å². The summed E-state index contributed by atoms with van der Waals surface area (Å²) in [5.41, 5.74) is 0.153. The fourth-order valence-electron chi connectivity index (χ4n) is 3.90. The molecule has 2 aliphatic rings. The molecule has 8 heteroatoms. The molecule has 3 heterocycles. The number of aromatic nitrogens is 3. The van der Waals surface area contributed by atoms with Gasteiger partial charge in [-0.2, -0.15) is 5.10 Å². The smallest absolute Gasteiger partial charge is 0.256 e. The maximum Gasteiger partial charge on any atom is 0.256 e. The first-order valence-electron chi connectivity index (χ1n) is 9.40. The number of carbonyl (C=O) groups excluding carboxylic acids is 1. The van der Waals surface area contributed by atoms with Crippen molar-refractivity contribution in [2.75, 3.05) is 45.9 Å². The molecule has 0 spiro atoms. The number of carbonyl (C=O) groups is 1. The second-order valence-electron chi connectivity index (χ2n) is 7.34. The lowest BCUT2D eigenvalue weighted by atomic mass is 10.0. The van der Waals surface area contributed by atoms with Gasteiger partial charge in [0, 0.05) is 13.1 Å². The quantitative estimate of drug-likeness (QED) is 0.846. The van der Waals surface area contributed by atoms with E-state index in [4.69, 9.17) is 4.74 Å². The van der Waals surface area contributed by atoms with Crippen LogP contribution in [0.15, 0.2) is 36.9 Å². The number of hydrogen-bond acceptors (Lipinski definition) is 6. The van der Waals surface area contributed by atoms with Crippen LogP contribution < -0.4 is 0 Å². The third-order valence-electron chi connectivity index (χ3n) is 5.17. The average Bonchev–Trinajstić information content (AvgIpc) is 3.34. The van der Waals surface area contributed by atoms with Gasteiger partial charge in [0.15, 0.2) is 0 Å². The van der Waals surface area contributed by atoms with E-state index in [9.17, 15) is 9.90 Å². The number of amides is 1. The maximum atomic E-state index is 13.3. The summed E-state index contributed by atoms with van der Waals surface area (Å²) in [6.45, 7) is 3.89. The first kappa shape index (κ1) is 18.1. The van der Waals surface area contributed by atoms with E-state index in [1.807, 2.05) is 18.2 Å². The molecule has 1 aromatic heterocycles. The van der Waals surface area contributed by atoms with Gasteiger partial charge in [0.2, 0.25) is 0 Å². The molecular formula is C19H25N5O3. The van der Waals surface area contributed by atoms with Crippen LogP contribution in [0.5, 0.6) is 0 Å². The normalized spacial score (nSPS) is 24.1. The van der Waals surface area contributed by atoms with Gasteiger partial charge in [-0.15, -0.1) is 0 Å². The predicted octanol–water partition coefficient (Wildman–Crippen LogP) is 0.567. The van der Waals surface area contributed by atoms with Gasteiger partial charge in [0.05, 0.1) is 31.0 Å². The highest BCUT2D eigenvalue weighted by Crippen LogP contribution is 2.21. The van der Waals surface area contributed by atoms with Crippen molar-refractivity contribution in [3.05, 3.63) is 42.5 Å². The Balaban J connectivity index is 1.56. The summed E-state index contributed by atoms with van der Waals surface area (Å²) in [6, 6.07) is 7.32. The number of β-amino-alcohol motifs (C(OH)–C–C–N with tert-alkyl or cyclic N) is 1. The van der Waals surface area contributed by atoms with Gasteiger partial charge in [0.25, 0.3) is 5.91 Å². The average molecular weight is 371 g/mol. The molecule has 1 amide bonds. The molecule has 2 fully saturated rings. The molecule has 1 aromatic carbocycles. The summed E-state index contributed by atoms with van der Waals surface area (Å²) in [5.74, 6) is -0.133. The van der Waals surface area contributed by atoms with Crippen LogP contribution in [0.1, 0.15) is 23.2 Å². The van der Waals surface area contributed by atoms with Crippen molar-refractivity contribution in [1.82, 2.24) is 24.6 Å².